The van der Waals surface area contributed by atoms with Crippen molar-refractivity contribution in [3.63, 3.8) is 0 Å². The Morgan fingerprint density at radius 3 is 2.61 bits per heavy atom. The molecule has 0 saturated carbocycles. The van der Waals surface area contributed by atoms with E-state index >= 15 is 0 Å². The van der Waals surface area contributed by atoms with E-state index in [0.717, 1.165) is 47.8 Å². The Kier molecular flexibility index (Phi) is 7.40. The first-order valence-corrected chi connectivity index (χ1v) is 11.0. The van der Waals surface area contributed by atoms with E-state index in [0.29, 0.717) is 6.61 Å². The number of anilines is 1. The standard InChI is InChI=1S/C26H31N3O2/c1-30-25-10-9-22(17-26(25)31-20-23-7-5-12-27-18-23)19-28-24-8-4-6-21(16-24)11-15-29-13-2-3-14-29/h4-10,12,16-18,28H,2-3,11,13-15,19-20H2,1H3. The average molecular weight is 418 g/mol. The van der Waals surface area contributed by atoms with Crippen molar-refractivity contribution in [3.8, 4) is 11.5 Å². The van der Waals surface area contributed by atoms with Gasteiger partial charge in [-0.1, -0.05) is 24.3 Å². The van der Waals surface area contributed by atoms with Crippen molar-refractivity contribution in [1.29, 1.82) is 0 Å². The van der Waals surface area contributed by atoms with Crippen LogP contribution in [0, 0.1) is 0 Å². The molecular weight excluding hydrogens is 386 g/mol. The third-order valence-electron chi connectivity index (χ3n) is 5.68. The summed E-state index contributed by atoms with van der Waals surface area (Å²) in [5, 5.41) is 3.55. The van der Waals surface area contributed by atoms with Crippen LogP contribution in [0.1, 0.15) is 29.5 Å². The van der Waals surface area contributed by atoms with Gasteiger partial charge < -0.3 is 19.7 Å². The summed E-state index contributed by atoms with van der Waals surface area (Å²) in [6.45, 7) is 4.84. The summed E-state index contributed by atoms with van der Waals surface area (Å²) in [5.74, 6) is 1.47. The first kappa shape index (κ1) is 21.2. The molecule has 0 bridgehead atoms. The molecular formula is C26H31N3O2. The van der Waals surface area contributed by atoms with Gasteiger partial charge in [0.25, 0.3) is 0 Å². The predicted octanol–water partition coefficient (Wildman–Crippen LogP) is 4.92. The predicted molar refractivity (Wildman–Crippen MR) is 125 cm³/mol. The van der Waals surface area contributed by atoms with Crippen molar-refractivity contribution in [2.45, 2.75) is 32.4 Å². The Hall–Kier alpha value is -3.05. The van der Waals surface area contributed by atoms with Gasteiger partial charge in [0.1, 0.15) is 6.61 Å². The maximum atomic E-state index is 6.01. The van der Waals surface area contributed by atoms with E-state index in [4.69, 9.17) is 9.47 Å². The molecule has 2 aromatic carbocycles. The Morgan fingerprint density at radius 2 is 1.81 bits per heavy atom. The normalized spacial score (nSPS) is 13.8. The van der Waals surface area contributed by atoms with Crippen molar-refractivity contribution < 1.29 is 9.47 Å². The van der Waals surface area contributed by atoms with Crippen LogP contribution in [0.5, 0.6) is 11.5 Å². The summed E-state index contributed by atoms with van der Waals surface area (Å²) < 4.78 is 11.5. The molecule has 1 aliphatic heterocycles. The molecule has 2 heterocycles. The fraction of sp³-hybridized carbons (Fsp3) is 0.346. The lowest BCUT2D eigenvalue weighted by molar-refractivity contribution is 0.284. The number of likely N-dealkylation sites (tertiary alicyclic amines) is 1. The van der Waals surface area contributed by atoms with Crippen molar-refractivity contribution in [1.82, 2.24) is 9.88 Å². The second-order valence-electron chi connectivity index (χ2n) is 7.99. The van der Waals surface area contributed by atoms with Gasteiger partial charge in [-0.25, -0.2) is 0 Å². The molecule has 1 aromatic heterocycles. The second-order valence-corrected chi connectivity index (χ2v) is 7.99. The maximum absolute atomic E-state index is 6.01. The molecule has 5 nitrogen and oxygen atoms in total. The molecule has 0 aliphatic carbocycles. The van der Waals surface area contributed by atoms with E-state index < -0.39 is 0 Å². The minimum Gasteiger partial charge on any atom is -0.493 e. The quantitative estimate of drug-likeness (QED) is 0.507. The van der Waals surface area contributed by atoms with Crippen LogP contribution in [0.2, 0.25) is 0 Å². The number of aromatic nitrogens is 1. The lowest BCUT2D eigenvalue weighted by Gasteiger charge is -2.15. The minimum atomic E-state index is 0.458. The zero-order valence-corrected chi connectivity index (χ0v) is 18.2. The van der Waals surface area contributed by atoms with Gasteiger partial charge in [0, 0.05) is 36.7 Å². The average Bonchev–Trinajstić information content (AvgIpc) is 3.35. The minimum absolute atomic E-state index is 0.458. The summed E-state index contributed by atoms with van der Waals surface area (Å²) in [6.07, 6.45) is 7.37. The van der Waals surface area contributed by atoms with Crippen LogP contribution < -0.4 is 14.8 Å². The number of rotatable bonds is 10. The van der Waals surface area contributed by atoms with Crippen LogP contribution in [0.4, 0.5) is 5.69 Å². The highest BCUT2D eigenvalue weighted by Gasteiger charge is 2.11. The Bertz CT molecular complexity index is 956. The van der Waals surface area contributed by atoms with Gasteiger partial charge in [-0.3, -0.25) is 4.98 Å². The molecule has 1 N–H and O–H groups in total. The van der Waals surface area contributed by atoms with Crippen LogP contribution in [0.15, 0.2) is 67.0 Å². The van der Waals surface area contributed by atoms with Gasteiger partial charge in [-0.05, 0) is 73.8 Å². The zero-order chi connectivity index (χ0) is 21.3. The van der Waals surface area contributed by atoms with E-state index in [-0.39, 0.29) is 0 Å². The largest absolute Gasteiger partial charge is 0.493 e. The van der Waals surface area contributed by atoms with Crippen LogP contribution in [0.25, 0.3) is 0 Å². The zero-order valence-electron chi connectivity index (χ0n) is 18.2. The highest BCUT2D eigenvalue weighted by atomic mass is 16.5. The molecule has 0 unspecified atom stereocenters. The molecule has 1 aliphatic rings. The van der Waals surface area contributed by atoms with Gasteiger partial charge in [-0.2, -0.15) is 0 Å². The van der Waals surface area contributed by atoms with Crippen molar-refractivity contribution >= 4 is 5.69 Å². The molecule has 3 aromatic rings. The molecule has 162 valence electrons. The van der Waals surface area contributed by atoms with E-state index in [9.17, 15) is 0 Å². The number of benzene rings is 2. The van der Waals surface area contributed by atoms with Gasteiger partial charge in [0.05, 0.1) is 7.11 Å². The summed E-state index contributed by atoms with van der Waals surface area (Å²) in [4.78, 5) is 6.70. The molecule has 4 rings (SSSR count). The Morgan fingerprint density at radius 1 is 0.935 bits per heavy atom. The van der Waals surface area contributed by atoms with Crippen LogP contribution >= 0.6 is 0 Å². The van der Waals surface area contributed by atoms with E-state index in [1.54, 1.807) is 13.3 Å². The lowest BCUT2D eigenvalue weighted by atomic mass is 10.1. The summed E-state index contributed by atoms with van der Waals surface area (Å²) in [5.41, 5.74) is 4.70. The summed E-state index contributed by atoms with van der Waals surface area (Å²) in [6, 6.07) is 18.7. The van der Waals surface area contributed by atoms with Crippen molar-refractivity contribution in [2.24, 2.45) is 0 Å². The maximum Gasteiger partial charge on any atom is 0.162 e. The molecule has 1 fully saturated rings. The number of hydrogen-bond acceptors (Lipinski definition) is 5. The summed E-state index contributed by atoms with van der Waals surface area (Å²) in [7, 11) is 1.66. The smallest absolute Gasteiger partial charge is 0.162 e. The molecule has 0 radical (unpaired) electrons. The van der Waals surface area contributed by atoms with Gasteiger partial charge in [0.2, 0.25) is 0 Å². The van der Waals surface area contributed by atoms with Crippen LogP contribution in [0.3, 0.4) is 0 Å². The first-order valence-electron chi connectivity index (χ1n) is 11.0. The number of hydrogen-bond donors (Lipinski definition) is 1. The number of nitrogens with zero attached hydrogens (tertiary/aromatic N) is 2. The number of ether oxygens (including phenoxy) is 2. The second kappa shape index (κ2) is 10.8. The topological polar surface area (TPSA) is 46.6 Å². The van der Waals surface area contributed by atoms with Gasteiger partial charge in [-0.15, -0.1) is 0 Å². The summed E-state index contributed by atoms with van der Waals surface area (Å²) >= 11 is 0. The Labute approximate surface area is 185 Å². The Balaban J connectivity index is 1.35. The van der Waals surface area contributed by atoms with E-state index in [2.05, 4.69) is 45.5 Å². The first-order chi connectivity index (χ1) is 15.3. The van der Waals surface area contributed by atoms with Crippen LogP contribution in [-0.2, 0) is 19.6 Å². The molecule has 0 spiro atoms. The number of methoxy groups -OCH3 is 1. The van der Waals surface area contributed by atoms with E-state index in [1.807, 2.05) is 30.5 Å². The third kappa shape index (κ3) is 6.22. The number of nitrogens with one attached hydrogen (secondary N) is 1. The van der Waals surface area contributed by atoms with Gasteiger partial charge >= 0.3 is 0 Å². The highest BCUT2D eigenvalue weighted by molar-refractivity contribution is 5.48. The lowest BCUT2D eigenvalue weighted by Crippen LogP contribution is -2.21. The van der Waals surface area contributed by atoms with Crippen LogP contribution in [-0.4, -0.2) is 36.6 Å². The van der Waals surface area contributed by atoms with Crippen molar-refractivity contribution in [3.05, 3.63) is 83.7 Å². The molecule has 1 saturated heterocycles. The SMILES string of the molecule is COc1ccc(CNc2cccc(CCN3CCCC3)c2)cc1OCc1cccnc1. The fourth-order valence-corrected chi connectivity index (χ4v) is 3.92. The van der Waals surface area contributed by atoms with E-state index in [1.165, 1.54) is 31.5 Å². The molecule has 31 heavy (non-hydrogen) atoms. The number of pyridine rings is 1. The monoisotopic (exact) mass is 417 g/mol. The third-order valence-corrected chi connectivity index (χ3v) is 5.68. The fourth-order valence-electron chi connectivity index (χ4n) is 3.92. The molecule has 0 atom stereocenters. The van der Waals surface area contributed by atoms with Gasteiger partial charge in [0.15, 0.2) is 11.5 Å². The highest BCUT2D eigenvalue weighted by Crippen LogP contribution is 2.29. The molecule has 5 heteroatoms. The molecule has 0 amide bonds. The van der Waals surface area contributed by atoms with Crippen molar-refractivity contribution in [2.75, 3.05) is 32.1 Å².